The normalized spacial score (nSPS) is 13.1. The second-order valence-corrected chi connectivity index (χ2v) is 9.39. The first kappa shape index (κ1) is 24.7. The van der Waals surface area contributed by atoms with Crippen LogP contribution in [0.3, 0.4) is 0 Å². The monoisotopic (exact) mass is 476 g/mol. The lowest BCUT2D eigenvalue weighted by Gasteiger charge is -2.32. The average Bonchev–Trinajstić information content (AvgIpc) is 3.44. The Morgan fingerprint density at radius 1 is 1.09 bits per heavy atom. The van der Waals surface area contributed by atoms with Crippen LogP contribution in [0.25, 0.3) is 10.9 Å². The number of hydrazine groups is 1. The number of anilines is 1. The molecule has 1 aliphatic rings. The van der Waals surface area contributed by atoms with Crippen molar-refractivity contribution in [1.29, 1.82) is 0 Å². The average molecular weight is 477 g/mol. The molecule has 1 N–H and O–H groups in total. The fraction of sp³-hybridized carbons (Fsp3) is 0.444. The van der Waals surface area contributed by atoms with Crippen LogP contribution in [-0.2, 0) is 29.7 Å². The lowest BCUT2D eigenvalue weighted by molar-refractivity contribution is -0.145. The number of likely N-dealkylation sites (N-methyl/N-ethyl adjacent to an activating group) is 1. The Hall–Kier alpha value is -3.39. The molecule has 8 heteroatoms. The highest BCUT2D eigenvalue weighted by molar-refractivity contribution is 5.90. The number of rotatable bonds is 10. The number of aryl methyl sites for hydroxylation is 2. The molecule has 0 radical (unpaired) electrons. The number of hydrogen-bond acceptors (Lipinski definition) is 5. The van der Waals surface area contributed by atoms with Crippen molar-refractivity contribution in [2.45, 2.75) is 46.2 Å². The van der Waals surface area contributed by atoms with Gasteiger partial charge in [0.15, 0.2) is 0 Å². The van der Waals surface area contributed by atoms with Crippen molar-refractivity contribution in [2.24, 2.45) is 7.05 Å². The van der Waals surface area contributed by atoms with Gasteiger partial charge < -0.3 is 10.2 Å². The molecular formula is C27H36N6O2. The first-order valence-electron chi connectivity index (χ1n) is 12.4. The van der Waals surface area contributed by atoms with Gasteiger partial charge in [-0.3, -0.25) is 19.3 Å². The van der Waals surface area contributed by atoms with Gasteiger partial charge in [0.05, 0.1) is 24.8 Å². The summed E-state index contributed by atoms with van der Waals surface area (Å²) in [6.45, 7) is 6.45. The van der Waals surface area contributed by atoms with E-state index < -0.39 is 0 Å². The standard InChI is InChI=1S/C27H36N6O2/c1-5-6-9-12-28-26(34)18-32(24-14-23-15-29-30(3)25(23)13-20(24)2)19-27(35)31(4)33-16-21-10-7-8-11-22(21)17-33/h7-8,10-11,13-15H,5-6,9,12,16-19H2,1-4H3,(H,28,34). The van der Waals surface area contributed by atoms with Crippen molar-refractivity contribution in [3.63, 3.8) is 0 Å². The lowest BCUT2D eigenvalue weighted by atomic mass is 10.1. The van der Waals surface area contributed by atoms with E-state index in [4.69, 9.17) is 0 Å². The third-order valence-electron chi connectivity index (χ3n) is 6.78. The van der Waals surface area contributed by atoms with Gasteiger partial charge in [0.2, 0.25) is 5.91 Å². The number of benzene rings is 2. The SMILES string of the molecule is CCCCCNC(=O)CN(CC(=O)N(C)N1Cc2ccccc2C1)c1cc2cnn(C)c2cc1C. The fourth-order valence-corrected chi connectivity index (χ4v) is 4.64. The minimum atomic E-state index is -0.0733. The molecular weight excluding hydrogens is 440 g/mol. The van der Waals surface area contributed by atoms with Gasteiger partial charge in [-0.15, -0.1) is 0 Å². The Kier molecular flexibility index (Phi) is 7.70. The third kappa shape index (κ3) is 5.65. The molecule has 0 saturated heterocycles. The maximum Gasteiger partial charge on any atom is 0.256 e. The Labute approximate surface area is 207 Å². The second kappa shape index (κ2) is 10.9. The van der Waals surface area contributed by atoms with E-state index in [2.05, 4.69) is 35.5 Å². The van der Waals surface area contributed by atoms with Crippen LogP contribution in [0, 0.1) is 6.92 Å². The molecule has 4 rings (SSSR count). The number of carbonyl (C=O) groups excluding carboxylic acids is 2. The molecule has 1 aliphatic heterocycles. The molecule has 0 unspecified atom stereocenters. The summed E-state index contributed by atoms with van der Waals surface area (Å²) in [6, 6.07) is 12.4. The Bertz CT molecular complexity index is 1180. The summed E-state index contributed by atoms with van der Waals surface area (Å²) < 4.78 is 1.83. The van der Waals surface area contributed by atoms with Gasteiger partial charge >= 0.3 is 0 Å². The third-order valence-corrected chi connectivity index (χ3v) is 6.78. The molecule has 0 atom stereocenters. The zero-order valence-corrected chi connectivity index (χ0v) is 21.3. The van der Waals surface area contributed by atoms with Crippen LogP contribution >= 0.6 is 0 Å². The summed E-state index contributed by atoms with van der Waals surface area (Å²) in [5.74, 6) is -0.127. The van der Waals surface area contributed by atoms with E-state index >= 15 is 0 Å². The summed E-state index contributed by atoms with van der Waals surface area (Å²) in [5, 5.41) is 12.1. The summed E-state index contributed by atoms with van der Waals surface area (Å²) in [4.78, 5) is 28.1. The van der Waals surface area contributed by atoms with E-state index in [1.165, 1.54) is 11.1 Å². The largest absolute Gasteiger partial charge is 0.355 e. The number of amides is 2. The molecule has 0 spiro atoms. The van der Waals surface area contributed by atoms with E-state index in [-0.39, 0.29) is 24.9 Å². The van der Waals surface area contributed by atoms with Crippen molar-refractivity contribution < 1.29 is 9.59 Å². The molecule has 0 bridgehead atoms. The topological polar surface area (TPSA) is 73.7 Å². The lowest BCUT2D eigenvalue weighted by Crippen LogP contribution is -2.48. The van der Waals surface area contributed by atoms with Crippen molar-refractivity contribution in [3.8, 4) is 0 Å². The molecule has 2 amide bonds. The fourth-order valence-electron chi connectivity index (χ4n) is 4.64. The predicted octanol–water partition coefficient (Wildman–Crippen LogP) is 3.38. The highest BCUT2D eigenvalue weighted by atomic mass is 16.2. The molecule has 0 saturated carbocycles. The van der Waals surface area contributed by atoms with E-state index in [1.807, 2.05) is 60.0 Å². The van der Waals surface area contributed by atoms with Gasteiger partial charge in [-0.2, -0.15) is 5.10 Å². The molecule has 1 aromatic heterocycles. The maximum absolute atomic E-state index is 13.4. The first-order valence-corrected chi connectivity index (χ1v) is 12.4. The summed E-state index contributed by atoms with van der Waals surface area (Å²) >= 11 is 0. The number of carbonyl (C=O) groups is 2. The number of nitrogens with zero attached hydrogens (tertiary/aromatic N) is 5. The molecule has 35 heavy (non-hydrogen) atoms. The van der Waals surface area contributed by atoms with E-state index in [9.17, 15) is 9.59 Å². The summed E-state index contributed by atoms with van der Waals surface area (Å²) in [5.41, 5.74) is 5.39. The highest BCUT2D eigenvalue weighted by Gasteiger charge is 2.27. The van der Waals surface area contributed by atoms with Crippen LogP contribution in [0.4, 0.5) is 5.69 Å². The number of aromatic nitrogens is 2. The van der Waals surface area contributed by atoms with Crippen LogP contribution in [0.5, 0.6) is 0 Å². The number of hydrogen-bond donors (Lipinski definition) is 1. The molecule has 0 aliphatic carbocycles. The van der Waals surface area contributed by atoms with Gasteiger partial charge in [0.25, 0.3) is 5.91 Å². The minimum Gasteiger partial charge on any atom is -0.355 e. The first-order chi connectivity index (χ1) is 16.9. The van der Waals surface area contributed by atoms with Crippen LogP contribution in [0.2, 0.25) is 0 Å². The van der Waals surface area contributed by atoms with E-state index in [1.54, 1.807) is 5.01 Å². The number of nitrogens with one attached hydrogen (secondary N) is 1. The summed E-state index contributed by atoms with van der Waals surface area (Å²) in [6.07, 6.45) is 4.96. The van der Waals surface area contributed by atoms with Crippen molar-refractivity contribution >= 4 is 28.4 Å². The minimum absolute atomic E-state index is 0.0535. The Balaban J connectivity index is 1.52. The molecule has 2 aromatic carbocycles. The molecule has 2 heterocycles. The van der Waals surface area contributed by atoms with Crippen LogP contribution in [-0.4, -0.2) is 58.3 Å². The quantitative estimate of drug-likeness (QED) is 0.454. The van der Waals surface area contributed by atoms with Gasteiger partial charge in [-0.1, -0.05) is 44.0 Å². The predicted molar refractivity (Wildman–Crippen MR) is 139 cm³/mol. The van der Waals surface area contributed by atoms with Gasteiger partial charge in [-0.25, -0.2) is 5.01 Å². The van der Waals surface area contributed by atoms with Gasteiger partial charge in [0, 0.05) is 44.8 Å². The zero-order chi connectivity index (χ0) is 24.9. The Morgan fingerprint density at radius 3 is 2.49 bits per heavy atom. The van der Waals surface area contributed by atoms with Gasteiger partial charge in [-0.05, 0) is 42.2 Å². The smallest absolute Gasteiger partial charge is 0.256 e. The van der Waals surface area contributed by atoms with Crippen molar-refractivity contribution in [3.05, 3.63) is 59.3 Å². The zero-order valence-electron chi connectivity index (χ0n) is 21.3. The maximum atomic E-state index is 13.4. The molecule has 3 aromatic rings. The number of unbranched alkanes of at least 4 members (excludes halogenated alkanes) is 2. The van der Waals surface area contributed by atoms with Crippen LogP contribution in [0.1, 0.15) is 42.9 Å². The Morgan fingerprint density at radius 2 is 1.80 bits per heavy atom. The van der Waals surface area contributed by atoms with Crippen LogP contribution in [0.15, 0.2) is 42.6 Å². The molecule has 186 valence electrons. The molecule has 0 fully saturated rings. The number of fused-ring (bicyclic) bond motifs is 2. The van der Waals surface area contributed by atoms with E-state index in [0.717, 1.165) is 41.4 Å². The highest BCUT2D eigenvalue weighted by Crippen LogP contribution is 2.27. The molecule has 8 nitrogen and oxygen atoms in total. The van der Waals surface area contributed by atoms with Crippen molar-refractivity contribution in [2.75, 3.05) is 31.6 Å². The van der Waals surface area contributed by atoms with Gasteiger partial charge in [0.1, 0.15) is 0 Å². The van der Waals surface area contributed by atoms with Crippen molar-refractivity contribution in [1.82, 2.24) is 25.1 Å². The van der Waals surface area contributed by atoms with Crippen LogP contribution < -0.4 is 10.2 Å². The summed E-state index contributed by atoms with van der Waals surface area (Å²) in [7, 11) is 3.73. The van der Waals surface area contributed by atoms with E-state index in [0.29, 0.717) is 19.6 Å². The second-order valence-electron chi connectivity index (χ2n) is 9.39.